The minimum Gasteiger partial charge on any atom is -0.506 e. The van der Waals surface area contributed by atoms with Gasteiger partial charge in [-0.1, -0.05) is 18.2 Å². The van der Waals surface area contributed by atoms with Crippen LogP contribution >= 0.6 is 11.3 Å². The molecule has 0 atom stereocenters. The van der Waals surface area contributed by atoms with Crippen molar-refractivity contribution in [3.8, 4) is 17.0 Å². The highest BCUT2D eigenvalue weighted by Gasteiger charge is 2.08. The summed E-state index contributed by atoms with van der Waals surface area (Å²) < 4.78 is 0. The molecule has 0 spiro atoms. The zero-order valence-corrected chi connectivity index (χ0v) is 14.8. The van der Waals surface area contributed by atoms with E-state index in [1.54, 1.807) is 29.7 Å². The molecule has 5 heteroatoms. The van der Waals surface area contributed by atoms with Gasteiger partial charge in [0.25, 0.3) is 0 Å². The van der Waals surface area contributed by atoms with Crippen molar-refractivity contribution in [2.75, 3.05) is 13.6 Å². The molecular formula is C19H21N3OS. The second-order valence-corrected chi connectivity index (χ2v) is 6.86. The minimum absolute atomic E-state index is 0.212. The number of hydrogen-bond acceptors (Lipinski definition) is 5. The number of hydrogen-bond donors (Lipinski definition) is 1. The molecule has 0 aliphatic heterocycles. The zero-order chi connectivity index (χ0) is 16.9. The lowest BCUT2D eigenvalue weighted by Crippen LogP contribution is -2.20. The van der Waals surface area contributed by atoms with Gasteiger partial charge in [-0.25, -0.2) is 4.98 Å². The van der Waals surface area contributed by atoms with Crippen LogP contribution in [-0.2, 0) is 13.0 Å². The van der Waals surface area contributed by atoms with Gasteiger partial charge in [-0.15, -0.1) is 11.3 Å². The van der Waals surface area contributed by atoms with Gasteiger partial charge in [0.05, 0.1) is 11.2 Å². The van der Waals surface area contributed by atoms with Gasteiger partial charge in [-0.05, 0) is 44.2 Å². The number of aryl methyl sites for hydroxylation is 1. The van der Waals surface area contributed by atoms with Gasteiger partial charge < -0.3 is 10.0 Å². The highest BCUT2D eigenvalue weighted by molar-refractivity contribution is 7.09. The van der Waals surface area contributed by atoms with E-state index in [0.717, 1.165) is 30.8 Å². The van der Waals surface area contributed by atoms with Gasteiger partial charge in [0.2, 0.25) is 0 Å². The topological polar surface area (TPSA) is 49.2 Å². The van der Waals surface area contributed by atoms with Crippen LogP contribution in [-0.4, -0.2) is 33.6 Å². The van der Waals surface area contributed by atoms with Crippen LogP contribution < -0.4 is 0 Å². The van der Waals surface area contributed by atoms with Crippen molar-refractivity contribution in [3.05, 3.63) is 64.2 Å². The number of thiazole rings is 1. The van der Waals surface area contributed by atoms with E-state index in [0.29, 0.717) is 5.69 Å². The average molecular weight is 339 g/mol. The Morgan fingerprint density at radius 2 is 2.04 bits per heavy atom. The van der Waals surface area contributed by atoms with E-state index < -0.39 is 0 Å². The lowest BCUT2D eigenvalue weighted by Gasteiger charge is -2.17. The van der Waals surface area contributed by atoms with E-state index in [4.69, 9.17) is 0 Å². The summed E-state index contributed by atoms with van der Waals surface area (Å²) in [5.41, 5.74) is 5.83. The summed E-state index contributed by atoms with van der Waals surface area (Å²) in [5, 5.41) is 9.97. The molecule has 0 aliphatic carbocycles. The molecule has 0 unspecified atom stereocenters. The van der Waals surface area contributed by atoms with E-state index >= 15 is 0 Å². The maximum atomic E-state index is 9.97. The molecule has 0 fully saturated rings. The molecular weight excluding hydrogens is 318 g/mol. The summed E-state index contributed by atoms with van der Waals surface area (Å²) in [7, 11) is 2.13. The van der Waals surface area contributed by atoms with E-state index in [2.05, 4.69) is 41.0 Å². The Bertz CT molecular complexity index is 816. The van der Waals surface area contributed by atoms with Crippen molar-refractivity contribution in [3.63, 3.8) is 0 Å². The molecule has 0 amide bonds. The van der Waals surface area contributed by atoms with Gasteiger partial charge in [0, 0.05) is 29.7 Å². The molecule has 124 valence electrons. The fourth-order valence-electron chi connectivity index (χ4n) is 2.69. The third kappa shape index (κ3) is 3.99. The molecule has 0 saturated carbocycles. The molecule has 1 aromatic carbocycles. The first-order valence-corrected chi connectivity index (χ1v) is 8.82. The second kappa shape index (κ2) is 7.55. The molecule has 0 radical (unpaired) electrons. The number of benzene rings is 1. The lowest BCUT2D eigenvalue weighted by molar-refractivity contribution is 0.332. The molecule has 3 aromatic rings. The molecule has 2 heterocycles. The van der Waals surface area contributed by atoms with E-state index in [1.807, 2.05) is 17.6 Å². The normalized spacial score (nSPS) is 11.1. The summed E-state index contributed by atoms with van der Waals surface area (Å²) >= 11 is 1.73. The summed E-state index contributed by atoms with van der Waals surface area (Å²) in [5.74, 6) is 0.212. The fraction of sp³-hybridized carbons (Fsp3) is 0.263. The number of pyridine rings is 1. The maximum absolute atomic E-state index is 9.97. The van der Waals surface area contributed by atoms with Crippen LogP contribution in [0.15, 0.2) is 48.1 Å². The van der Waals surface area contributed by atoms with Crippen molar-refractivity contribution >= 4 is 11.3 Å². The van der Waals surface area contributed by atoms with Crippen LogP contribution in [0.3, 0.4) is 0 Å². The number of aromatic nitrogens is 2. The van der Waals surface area contributed by atoms with Gasteiger partial charge in [0.1, 0.15) is 11.4 Å². The summed E-state index contributed by atoms with van der Waals surface area (Å²) in [6.45, 7) is 3.91. The van der Waals surface area contributed by atoms with Crippen molar-refractivity contribution in [2.45, 2.75) is 19.9 Å². The average Bonchev–Trinajstić information content (AvgIpc) is 2.99. The van der Waals surface area contributed by atoms with Gasteiger partial charge in [-0.3, -0.25) is 4.98 Å². The van der Waals surface area contributed by atoms with Crippen LogP contribution in [0.25, 0.3) is 11.3 Å². The van der Waals surface area contributed by atoms with Crippen LogP contribution in [0, 0.1) is 6.92 Å². The molecule has 1 N–H and O–H groups in total. The standard InChI is InChI=1S/C19H21N3OS/c1-14-18(24-13-21-14)8-10-22(2)12-15-5-3-6-16(11-15)19-17(23)7-4-9-20-19/h3-7,9,11,13,23H,8,10,12H2,1-2H3. The predicted molar refractivity (Wildman–Crippen MR) is 98.2 cm³/mol. The van der Waals surface area contributed by atoms with Gasteiger partial charge in [-0.2, -0.15) is 0 Å². The quantitative estimate of drug-likeness (QED) is 0.740. The first-order chi connectivity index (χ1) is 11.6. The zero-order valence-electron chi connectivity index (χ0n) is 13.9. The highest BCUT2D eigenvalue weighted by atomic mass is 32.1. The Kier molecular flexibility index (Phi) is 5.23. The highest BCUT2D eigenvalue weighted by Crippen LogP contribution is 2.26. The summed E-state index contributed by atoms with van der Waals surface area (Å²) in [4.78, 5) is 12.2. The van der Waals surface area contributed by atoms with Crippen molar-refractivity contribution in [1.29, 1.82) is 0 Å². The molecule has 4 nitrogen and oxygen atoms in total. The van der Waals surface area contributed by atoms with E-state index in [1.165, 1.54) is 10.4 Å². The van der Waals surface area contributed by atoms with Crippen LogP contribution in [0.4, 0.5) is 0 Å². The smallest absolute Gasteiger partial charge is 0.141 e. The van der Waals surface area contributed by atoms with Crippen LogP contribution in [0.1, 0.15) is 16.1 Å². The van der Waals surface area contributed by atoms with Crippen molar-refractivity contribution in [1.82, 2.24) is 14.9 Å². The minimum atomic E-state index is 0.212. The third-order valence-electron chi connectivity index (χ3n) is 4.00. The van der Waals surface area contributed by atoms with Crippen LogP contribution in [0.5, 0.6) is 5.75 Å². The predicted octanol–water partition coefficient (Wildman–Crippen LogP) is 3.89. The first-order valence-electron chi connectivity index (χ1n) is 7.94. The summed E-state index contributed by atoms with van der Waals surface area (Å²) in [6.07, 6.45) is 2.72. The Morgan fingerprint density at radius 1 is 1.17 bits per heavy atom. The Hall–Kier alpha value is -2.24. The van der Waals surface area contributed by atoms with Crippen LogP contribution in [0.2, 0.25) is 0 Å². The second-order valence-electron chi connectivity index (χ2n) is 5.92. The SMILES string of the molecule is Cc1ncsc1CCN(C)Cc1cccc(-c2ncccc2O)c1. The fourth-order valence-corrected chi connectivity index (χ4v) is 3.46. The Morgan fingerprint density at radius 3 is 2.79 bits per heavy atom. The molecule has 24 heavy (non-hydrogen) atoms. The number of aromatic hydroxyl groups is 1. The third-order valence-corrected chi connectivity index (χ3v) is 5.00. The molecule has 0 aliphatic rings. The summed E-state index contributed by atoms with van der Waals surface area (Å²) in [6, 6.07) is 11.6. The molecule has 3 rings (SSSR count). The monoisotopic (exact) mass is 339 g/mol. The van der Waals surface area contributed by atoms with Crippen molar-refractivity contribution < 1.29 is 5.11 Å². The lowest BCUT2D eigenvalue weighted by atomic mass is 10.1. The Balaban J connectivity index is 1.66. The molecule has 2 aromatic heterocycles. The van der Waals surface area contributed by atoms with Gasteiger partial charge >= 0.3 is 0 Å². The largest absolute Gasteiger partial charge is 0.506 e. The number of rotatable bonds is 6. The van der Waals surface area contributed by atoms with Gasteiger partial charge in [0.15, 0.2) is 0 Å². The van der Waals surface area contributed by atoms with E-state index in [9.17, 15) is 5.11 Å². The molecule has 0 saturated heterocycles. The van der Waals surface area contributed by atoms with Crippen molar-refractivity contribution in [2.24, 2.45) is 0 Å². The Labute approximate surface area is 146 Å². The number of nitrogens with zero attached hydrogens (tertiary/aromatic N) is 3. The number of likely N-dealkylation sites (N-methyl/N-ethyl adjacent to an activating group) is 1. The van der Waals surface area contributed by atoms with E-state index in [-0.39, 0.29) is 5.75 Å². The molecule has 0 bridgehead atoms. The maximum Gasteiger partial charge on any atom is 0.141 e. The first kappa shape index (κ1) is 16.6.